The molecule has 0 N–H and O–H groups in total. The topological polar surface area (TPSA) is 59.5 Å². The van der Waals surface area contributed by atoms with Gasteiger partial charge >= 0.3 is 5.97 Å². The number of nitrogens with zero attached hydrogens (tertiary/aromatic N) is 2. The first kappa shape index (κ1) is 14.5. The van der Waals surface area contributed by atoms with E-state index in [4.69, 9.17) is 4.74 Å². The number of fused-ring (bicyclic) bond motifs is 1. The molecule has 1 saturated heterocycles. The Labute approximate surface area is 128 Å². The minimum absolute atomic E-state index is 0.00985. The van der Waals surface area contributed by atoms with Crippen molar-refractivity contribution >= 4 is 22.6 Å². The van der Waals surface area contributed by atoms with Crippen molar-refractivity contribution in [2.45, 2.75) is 12.8 Å². The highest BCUT2D eigenvalue weighted by Gasteiger charge is 2.34. The van der Waals surface area contributed by atoms with Crippen molar-refractivity contribution in [3.8, 4) is 0 Å². The number of carbonyl (C=O) groups is 2. The summed E-state index contributed by atoms with van der Waals surface area (Å²) in [7, 11) is 1.36. The number of amides is 1. The number of likely N-dealkylation sites (tertiary alicyclic amines) is 1. The van der Waals surface area contributed by atoms with Crippen molar-refractivity contribution in [2.24, 2.45) is 5.92 Å². The fraction of sp³-hybridized carbons (Fsp3) is 0.353. The molecule has 3 rings (SSSR count). The van der Waals surface area contributed by atoms with Crippen LogP contribution in [0.2, 0.25) is 0 Å². The maximum absolute atomic E-state index is 12.0. The molecule has 1 aliphatic heterocycles. The van der Waals surface area contributed by atoms with E-state index in [1.54, 1.807) is 11.1 Å². The highest BCUT2D eigenvalue weighted by atomic mass is 16.5. The Morgan fingerprint density at radius 1 is 1.36 bits per heavy atom. The number of ether oxygens (including phenoxy) is 1. The van der Waals surface area contributed by atoms with Gasteiger partial charge in [-0.2, -0.15) is 0 Å². The van der Waals surface area contributed by atoms with Gasteiger partial charge in [0.2, 0.25) is 5.91 Å². The van der Waals surface area contributed by atoms with Crippen LogP contribution in [0.25, 0.3) is 10.8 Å². The molecular formula is C17H18N2O3. The number of carbonyl (C=O) groups excluding carboxylic acids is 2. The highest BCUT2D eigenvalue weighted by Crippen LogP contribution is 2.21. The first-order valence-corrected chi connectivity index (χ1v) is 7.37. The van der Waals surface area contributed by atoms with E-state index < -0.39 is 0 Å². The van der Waals surface area contributed by atoms with Crippen LogP contribution in [0.4, 0.5) is 0 Å². The summed E-state index contributed by atoms with van der Waals surface area (Å²) in [6, 6.07) is 10.1. The molecule has 2 aromatic rings. The first-order valence-electron chi connectivity index (χ1n) is 7.37. The second kappa shape index (κ2) is 6.13. The molecule has 2 heterocycles. The molecule has 114 valence electrons. The Morgan fingerprint density at radius 3 is 3.00 bits per heavy atom. The van der Waals surface area contributed by atoms with Crippen LogP contribution in [0.5, 0.6) is 0 Å². The summed E-state index contributed by atoms with van der Waals surface area (Å²) in [5.41, 5.74) is 0.979. The van der Waals surface area contributed by atoms with Crippen LogP contribution >= 0.6 is 0 Å². The van der Waals surface area contributed by atoms with E-state index in [9.17, 15) is 9.59 Å². The molecule has 5 nitrogen and oxygen atoms in total. The second-order valence-corrected chi connectivity index (χ2v) is 5.49. The summed E-state index contributed by atoms with van der Waals surface area (Å²) in [6.07, 6.45) is 2.72. The van der Waals surface area contributed by atoms with Gasteiger partial charge in [-0.25, -0.2) is 0 Å². The Morgan fingerprint density at radius 2 is 2.18 bits per heavy atom. The van der Waals surface area contributed by atoms with Gasteiger partial charge in [-0.1, -0.05) is 24.3 Å². The fourth-order valence-electron chi connectivity index (χ4n) is 2.94. The molecule has 1 fully saturated rings. The quantitative estimate of drug-likeness (QED) is 0.808. The van der Waals surface area contributed by atoms with E-state index in [2.05, 4.69) is 11.1 Å². The average Bonchev–Trinajstić information content (AvgIpc) is 2.93. The second-order valence-electron chi connectivity index (χ2n) is 5.49. The SMILES string of the molecule is COC(=O)C1CC(=O)N(CCc2nccc3ccccc23)C1. The third kappa shape index (κ3) is 2.79. The van der Waals surface area contributed by atoms with Gasteiger partial charge in [0.15, 0.2) is 0 Å². The third-order valence-electron chi connectivity index (χ3n) is 4.12. The van der Waals surface area contributed by atoms with Gasteiger partial charge in [0.05, 0.1) is 13.0 Å². The van der Waals surface area contributed by atoms with Gasteiger partial charge in [-0.15, -0.1) is 0 Å². The summed E-state index contributed by atoms with van der Waals surface area (Å²) in [5, 5.41) is 2.26. The Bertz CT molecular complexity index is 709. The summed E-state index contributed by atoms with van der Waals surface area (Å²) in [5.74, 6) is -0.632. The number of esters is 1. The zero-order chi connectivity index (χ0) is 15.5. The van der Waals surface area contributed by atoms with E-state index in [1.807, 2.05) is 24.3 Å². The van der Waals surface area contributed by atoms with E-state index in [-0.39, 0.29) is 24.2 Å². The van der Waals surface area contributed by atoms with Gasteiger partial charge in [0.1, 0.15) is 0 Å². The number of methoxy groups -OCH3 is 1. The zero-order valence-electron chi connectivity index (χ0n) is 12.5. The molecule has 5 heteroatoms. The van der Waals surface area contributed by atoms with Crippen LogP contribution in [0.1, 0.15) is 12.1 Å². The molecule has 1 aliphatic rings. The third-order valence-corrected chi connectivity index (χ3v) is 4.12. The molecule has 0 saturated carbocycles. The largest absolute Gasteiger partial charge is 0.469 e. The van der Waals surface area contributed by atoms with Crippen molar-refractivity contribution in [2.75, 3.05) is 20.2 Å². The predicted octanol–water partition coefficient (Wildman–Crippen LogP) is 1.80. The van der Waals surface area contributed by atoms with Gasteiger partial charge < -0.3 is 9.64 Å². The van der Waals surface area contributed by atoms with Crippen molar-refractivity contribution in [3.05, 3.63) is 42.2 Å². The van der Waals surface area contributed by atoms with Crippen LogP contribution in [-0.4, -0.2) is 42.0 Å². The van der Waals surface area contributed by atoms with Crippen molar-refractivity contribution < 1.29 is 14.3 Å². The van der Waals surface area contributed by atoms with Gasteiger partial charge in [0, 0.05) is 43.2 Å². The molecule has 1 aromatic heterocycles. The molecule has 0 bridgehead atoms. The first-order chi connectivity index (χ1) is 10.7. The standard InChI is InChI=1S/C17H18N2O3/c1-22-17(21)13-10-16(20)19(11-13)9-7-15-14-5-3-2-4-12(14)6-8-18-15/h2-6,8,13H,7,9-11H2,1H3. The smallest absolute Gasteiger partial charge is 0.310 e. The van der Waals surface area contributed by atoms with Gasteiger partial charge in [-0.3, -0.25) is 14.6 Å². The molecule has 22 heavy (non-hydrogen) atoms. The molecule has 1 unspecified atom stereocenters. The number of rotatable bonds is 4. The van der Waals surface area contributed by atoms with Crippen LogP contribution in [0.15, 0.2) is 36.5 Å². The number of hydrogen-bond acceptors (Lipinski definition) is 4. The maximum Gasteiger partial charge on any atom is 0.310 e. The maximum atomic E-state index is 12.0. The van der Waals surface area contributed by atoms with Crippen LogP contribution < -0.4 is 0 Å². The molecule has 1 aromatic carbocycles. The van der Waals surface area contributed by atoms with Gasteiger partial charge in [0.25, 0.3) is 0 Å². The number of pyridine rings is 1. The summed E-state index contributed by atoms with van der Waals surface area (Å²) in [6.45, 7) is 1.02. The summed E-state index contributed by atoms with van der Waals surface area (Å²) < 4.78 is 4.72. The number of benzene rings is 1. The fourth-order valence-corrected chi connectivity index (χ4v) is 2.94. The van der Waals surface area contributed by atoms with Crippen LogP contribution in [0, 0.1) is 5.92 Å². The predicted molar refractivity (Wildman–Crippen MR) is 82.2 cm³/mol. The molecule has 1 amide bonds. The lowest BCUT2D eigenvalue weighted by Gasteiger charge is -2.16. The Kier molecular flexibility index (Phi) is 4.04. The highest BCUT2D eigenvalue weighted by molar-refractivity contribution is 5.87. The zero-order valence-corrected chi connectivity index (χ0v) is 12.5. The normalized spacial score (nSPS) is 18.0. The monoisotopic (exact) mass is 298 g/mol. The van der Waals surface area contributed by atoms with E-state index in [0.717, 1.165) is 16.5 Å². The van der Waals surface area contributed by atoms with Gasteiger partial charge in [-0.05, 0) is 11.5 Å². The molecule has 0 spiro atoms. The van der Waals surface area contributed by atoms with E-state index >= 15 is 0 Å². The van der Waals surface area contributed by atoms with Crippen molar-refractivity contribution in [1.82, 2.24) is 9.88 Å². The van der Waals surface area contributed by atoms with Crippen LogP contribution in [-0.2, 0) is 20.7 Å². The molecular weight excluding hydrogens is 280 g/mol. The Balaban J connectivity index is 1.70. The summed E-state index contributed by atoms with van der Waals surface area (Å²) >= 11 is 0. The lowest BCUT2D eigenvalue weighted by molar-refractivity contribution is -0.145. The number of hydrogen-bond donors (Lipinski definition) is 0. The number of aromatic nitrogens is 1. The minimum Gasteiger partial charge on any atom is -0.469 e. The molecule has 0 aliphatic carbocycles. The Hall–Kier alpha value is -2.43. The van der Waals surface area contributed by atoms with Crippen molar-refractivity contribution in [3.63, 3.8) is 0 Å². The molecule has 1 atom stereocenters. The van der Waals surface area contributed by atoms with Crippen LogP contribution in [0.3, 0.4) is 0 Å². The lowest BCUT2D eigenvalue weighted by Crippen LogP contribution is -2.29. The lowest BCUT2D eigenvalue weighted by atomic mass is 10.1. The average molecular weight is 298 g/mol. The minimum atomic E-state index is -0.335. The van der Waals surface area contributed by atoms with E-state index in [1.165, 1.54) is 7.11 Å². The van der Waals surface area contributed by atoms with Crippen molar-refractivity contribution in [1.29, 1.82) is 0 Å². The molecule has 0 radical (unpaired) electrons. The summed E-state index contributed by atoms with van der Waals surface area (Å²) in [4.78, 5) is 29.7. The van der Waals surface area contributed by atoms with E-state index in [0.29, 0.717) is 19.5 Å².